The van der Waals surface area contributed by atoms with Crippen molar-refractivity contribution in [3.63, 3.8) is 0 Å². The zero-order valence-corrected chi connectivity index (χ0v) is 20.8. The molecule has 2 fully saturated rings. The zero-order valence-electron chi connectivity index (χ0n) is 19.2. The van der Waals surface area contributed by atoms with Crippen molar-refractivity contribution in [3.05, 3.63) is 29.8 Å². The van der Waals surface area contributed by atoms with E-state index in [0.29, 0.717) is 62.8 Å². The quantitative estimate of drug-likeness (QED) is 0.638. The summed E-state index contributed by atoms with van der Waals surface area (Å²) in [6.07, 6.45) is 2.64. The van der Waals surface area contributed by atoms with Crippen LogP contribution in [0.4, 0.5) is 0 Å². The lowest BCUT2D eigenvalue weighted by Crippen LogP contribution is -2.47. The fourth-order valence-corrected chi connectivity index (χ4v) is 7.83. The van der Waals surface area contributed by atoms with Gasteiger partial charge in [0.25, 0.3) is 5.91 Å². The Morgan fingerprint density at radius 3 is 2.28 bits per heavy atom. The van der Waals surface area contributed by atoms with Crippen LogP contribution in [0, 0.1) is 11.8 Å². The second kappa shape index (κ2) is 10.2. The van der Waals surface area contributed by atoms with Crippen molar-refractivity contribution in [1.29, 1.82) is 0 Å². The number of hydrogen-bond acceptors (Lipinski definition) is 5. The van der Waals surface area contributed by atoms with Crippen LogP contribution in [-0.2, 0) is 20.0 Å². The number of carbonyl (C=O) groups is 1. The van der Waals surface area contributed by atoms with Crippen molar-refractivity contribution in [2.24, 2.45) is 11.8 Å². The van der Waals surface area contributed by atoms with Crippen molar-refractivity contribution < 1.29 is 21.6 Å². The number of amides is 1. The molecule has 2 atom stereocenters. The van der Waals surface area contributed by atoms with E-state index >= 15 is 0 Å². The van der Waals surface area contributed by atoms with Gasteiger partial charge in [0.05, 0.1) is 10.6 Å². The Labute approximate surface area is 192 Å². The molecule has 2 unspecified atom stereocenters. The van der Waals surface area contributed by atoms with Gasteiger partial charge in [-0.05, 0) is 55.7 Å². The molecule has 1 N–H and O–H groups in total. The first-order valence-electron chi connectivity index (χ1n) is 11.4. The van der Waals surface area contributed by atoms with Crippen molar-refractivity contribution in [3.8, 4) is 0 Å². The third-order valence-corrected chi connectivity index (χ3v) is 9.62. The standard InChI is InChI=1S/C22H35N3O5S2/c1-4-12-31(27,28)23-20-8-10-24(11-9-20)22(26)19-6-5-7-21(14-19)32(29,30)25-15-17(2)13-18(3)16-25/h5-7,14,17-18,20,23H,4,8-13,15-16H2,1-3H3. The highest BCUT2D eigenvalue weighted by atomic mass is 32.2. The molecule has 0 saturated carbocycles. The summed E-state index contributed by atoms with van der Waals surface area (Å²) in [5.41, 5.74) is 0.342. The number of carbonyl (C=O) groups excluding carboxylic acids is 1. The van der Waals surface area contributed by atoms with Gasteiger partial charge in [0.1, 0.15) is 0 Å². The van der Waals surface area contributed by atoms with Gasteiger partial charge >= 0.3 is 0 Å². The molecular weight excluding hydrogens is 450 g/mol. The molecule has 8 nitrogen and oxygen atoms in total. The van der Waals surface area contributed by atoms with E-state index in [1.54, 1.807) is 23.1 Å². The maximum atomic E-state index is 13.2. The van der Waals surface area contributed by atoms with E-state index in [1.165, 1.54) is 10.4 Å². The second-order valence-electron chi connectivity index (χ2n) is 9.30. The number of nitrogens with zero attached hydrogens (tertiary/aromatic N) is 2. The third-order valence-electron chi connectivity index (χ3n) is 6.16. The average Bonchev–Trinajstić information content (AvgIpc) is 2.73. The van der Waals surface area contributed by atoms with E-state index in [2.05, 4.69) is 18.6 Å². The first-order chi connectivity index (χ1) is 15.0. The minimum atomic E-state index is -3.66. The molecule has 1 aromatic rings. The Balaban J connectivity index is 1.67. The smallest absolute Gasteiger partial charge is 0.253 e. The highest BCUT2D eigenvalue weighted by Crippen LogP contribution is 2.27. The molecule has 32 heavy (non-hydrogen) atoms. The molecule has 2 heterocycles. The highest BCUT2D eigenvalue weighted by Gasteiger charge is 2.32. The predicted octanol–water partition coefficient (Wildman–Crippen LogP) is 2.29. The van der Waals surface area contributed by atoms with Gasteiger partial charge < -0.3 is 4.90 Å². The monoisotopic (exact) mass is 485 g/mol. The largest absolute Gasteiger partial charge is 0.339 e. The van der Waals surface area contributed by atoms with E-state index in [0.717, 1.165) is 6.42 Å². The highest BCUT2D eigenvalue weighted by molar-refractivity contribution is 7.89. The van der Waals surface area contributed by atoms with E-state index in [4.69, 9.17) is 0 Å². The number of benzene rings is 1. The molecule has 2 aliphatic rings. The summed E-state index contributed by atoms with van der Waals surface area (Å²) in [6, 6.07) is 6.09. The molecule has 10 heteroatoms. The van der Waals surface area contributed by atoms with Crippen LogP contribution < -0.4 is 4.72 Å². The zero-order chi connectivity index (χ0) is 23.5. The molecule has 180 valence electrons. The maximum absolute atomic E-state index is 13.2. The van der Waals surface area contributed by atoms with Crippen molar-refractivity contribution in [2.75, 3.05) is 31.9 Å². The fourth-order valence-electron chi connectivity index (χ4n) is 4.71. The van der Waals surface area contributed by atoms with E-state index in [-0.39, 0.29) is 22.6 Å². The van der Waals surface area contributed by atoms with Crippen LogP contribution in [0.3, 0.4) is 0 Å². The van der Waals surface area contributed by atoms with Crippen LogP contribution in [-0.4, -0.2) is 69.9 Å². The molecule has 1 amide bonds. The summed E-state index contributed by atoms with van der Waals surface area (Å²) in [6.45, 7) is 7.78. The summed E-state index contributed by atoms with van der Waals surface area (Å²) < 4.78 is 54.6. The first-order valence-corrected chi connectivity index (χ1v) is 14.5. The van der Waals surface area contributed by atoms with Gasteiger partial charge in [-0.1, -0.05) is 26.8 Å². The molecule has 0 aromatic heterocycles. The molecule has 0 bridgehead atoms. The Kier molecular flexibility index (Phi) is 8.01. The molecule has 1 aromatic carbocycles. The minimum absolute atomic E-state index is 0.0992. The van der Waals surface area contributed by atoms with Gasteiger partial charge in [0.2, 0.25) is 20.0 Å². The lowest BCUT2D eigenvalue weighted by atomic mass is 9.94. The van der Waals surface area contributed by atoms with E-state index in [9.17, 15) is 21.6 Å². The fraction of sp³-hybridized carbons (Fsp3) is 0.682. The number of hydrogen-bond donors (Lipinski definition) is 1. The van der Waals surface area contributed by atoms with Crippen LogP contribution in [0.2, 0.25) is 0 Å². The van der Waals surface area contributed by atoms with Crippen LogP contribution in [0.25, 0.3) is 0 Å². The predicted molar refractivity (Wildman–Crippen MR) is 124 cm³/mol. The van der Waals surface area contributed by atoms with Crippen molar-refractivity contribution in [2.45, 2.75) is 57.4 Å². The number of sulfonamides is 2. The normalized spacial score (nSPS) is 23.9. The lowest BCUT2D eigenvalue weighted by Gasteiger charge is -2.34. The van der Waals surface area contributed by atoms with Crippen LogP contribution in [0.5, 0.6) is 0 Å². The van der Waals surface area contributed by atoms with E-state index < -0.39 is 20.0 Å². The van der Waals surface area contributed by atoms with E-state index in [1.807, 2.05) is 6.92 Å². The Morgan fingerprint density at radius 2 is 1.69 bits per heavy atom. The van der Waals surface area contributed by atoms with Crippen LogP contribution >= 0.6 is 0 Å². The Morgan fingerprint density at radius 1 is 1.06 bits per heavy atom. The Hall–Kier alpha value is -1.49. The summed E-state index contributed by atoms with van der Waals surface area (Å²) in [5, 5.41) is 0. The first kappa shape index (κ1) is 25.1. The summed E-state index contributed by atoms with van der Waals surface area (Å²) >= 11 is 0. The van der Waals surface area contributed by atoms with Crippen molar-refractivity contribution in [1.82, 2.24) is 13.9 Å². The Bertz CT molecular complexity index is 1010. The molecule has 3 rings (SSSR count). The van der Waals surface area contributed by atoms with Crippen LogP contribution in [0.15, 0.2) is 29.2 Å². The van der Waals surface area contributed by atoms with Crippen molar-refractivity contribution >= 4 is 26.0 Å². The van der Waals surface area contributed by atoms with Gasteiger partial charge in [-0.3, -0.25) is 4.79 Å². The molecule has 2 saturated heterocycles. The summed E-state index contributed by atoms with van der Waals surface area (Å²) in [7, 11) is -6.95. The topological polar surface area (TPSA) is 104 Å². The van der Waals surface area contributed by atoms with Gasteiger partial charge in [-0.25, -0.2) is 21.6 Å². The molecule has 0 aliphatic carbocycles. The summed E-state index contributed by atoms with van der Waals surface area (Å²) in [5.74, 6) is 0.475. The number of rotatable bonds is 7. The third kappa shape index (κ3) is 6.09. The molecular formula is C22H35N3O5S2. The van der Waals surface area contributed by atoms with Gasteiger partial charge in [0.15, 0.2) is 0 Å². The molecule has 2 aliphatic heterocycles. The summed E-state index contributed by atoms with van der Waals surface area (Å²) in [4.78, 5) is 14.8. The van der Waals surface area contributed by atoms with Crippen LogP contribution in [0.1, 0.15) is 56.8 Å². The molecule has 0 radical (unpaired) electrons. The lowest BCUT2D eigenvalue weighted by molar-refractivity contribution is 0.0711. The average molecular weight is 486 g/mol. The molecule has 0 spiro atoms. The number of likely N-dealkylation sites (tertiary alicyclic amines) is 1. The minimum Gasteiger partial charge on any atom is -0.339 e. The van der Waals surface area contributed by atoms with Gasteiger partial charge in [-0.2, -0.15) is 4.31 Å². The second-order valence-corrected chi connectivity index (χ2v) is 13.1. The van der Waals surface area contributed by atoms with Gasteiger partial charge in [0, 0.05) is 37.8 Å². The SMILES string of the molecule is CCCS(=O)(=O)NC1CCN(C(=O)c2cccc(S(=O)(=O)N3CC(C)CC(C)C3)c2)CC1. The number of nitrogens with one attached hydrogen (secondary N) is 1. The van der Waals surface area contributed by atoms with Gasteiger partial charge in [-0.15, -0.1) is 0 Å². The maximum Gasteiger partial charge on any atom is 0.253 e. The number of piperidine rings is 2.